The molecule has 4 rings (SSSR count). The number of rotatable bonds is 7. The standard InChI is InChI=1S/C26H27ClN2O6S/c1-16-5-9-20(10-6-16)36(31,32)29-15-25(35-24-11-7-18(27)13-22(24)29)26(30)28-17(2)21-14-19(33-3)8-12-23(21)34-4/h5-14,17,25H,15H2,1-4H3,(H,28,30)/t17-,25-/m0/s1. The number of hydrogen-bond donors (Lipinski definition) is 1. The van der Waals surface area contributed by atoms with Gasteiger partial charge in [-0.2, -0.15) is 0 Å². The number of benzene rings is 3. The van der Waals surface area contributed by atoms with E-state index >= 15 is 0 Å². The van der Waals surface area contributed by atoms with Crippen molar-refractivity contribution in [3.8, 4) is 17.2 Å². The molecule has 3 aromatic rings. The molecule has 0 bridgehead atoms. The van der Waals surface area contributed by atoms with Crippen LogP contribution in [-0.4, -0.2) is 41.2 Å². The van der Waals surface area contributed by atoms with Crippen molar-refractivity contribution < 1.29 is 27.4 Å². The van der Waals surface area contributed by atoms with Gasteiger partial charge in [0.25, 0.3) is 15.9 Å². The molecule has 10 heteroatoms. The Labute approximate surface area is 215 Å². The number of anilines is 1. The van der Waals surface area contributed by atoms with Gasteiger partial charge >= 0.3 is 0 Å². The Kier molecular flexibility index (Phi) is 7.33. The smallest absolute Gasteiger partial charge is 0.264 e. The Balaban J connectivity index is 1.64. The van der Waals surface area contributed by atoms with Crippen LogP contribution < -0.4 is 23.8 Å². The van der Waals surface area contributed by atoms with Gasteiger partial charge in [0.1, 0.15) is 17.2 Å². The maximum Gasteiger partial charge on any atom is 0.264 e. The van der Waals surface area contributed by atoms with Crippen molar-refractivity contribution >= 4 is 33.2 Å². The molecule has 1 aliphatic rings. The van der Waals surface area contributed by atoms with Crippen molar-refractivity contribution in [1.82, 2.24) is 5.32 Å². The number of nitrogens with zero attached hydrogens (tertiary/aromatic N) is 1. The Morgan fingerprint density at radius 2 is 1.81 bits per heavy atom. The molecule has 2 atom stereocenters. The van der Waals surface area contributed by atoms with Gasteiger partial charge in [-0.05, 0) is 62.4 Å². The zero-order valence-corrected chi connectivity index (χ0v) is 21.9. The third kappa shape index (κ3) is 5.08. The Hall–Kier alpha value is -3.43. The molecule has 1 N–H and O–H groups in total. The van der Waals surface area contributed by atoms with Crippen LogP contribution in [-0.2, 0) is 14.8 Å². The lowest BCUT2D eigenvalue weighted by Gasteiger charge is -2.35. The summed E-state index contributed by atoms with van der Waals surface area (Å²) in [6.07, 6.45) is -1.10. The molecule has 0 saturated carbocycles. The first-order chi connectivity index (χ1) is 17.1. The Bertz CT molecular complexity index is 1380. The summed E-state index contributed by atoms with van der Waals surface area (Å²) >= 11 is 6.17. The second kappa shape index (κ2) is 10.3. The fourth-order valence-corrected chi connectivity index (χ4v) is 5.62. The van der Waals surface area contributed by atoms with E-state index in [2.05, 4.69) is 5.32 Å². The minimum absolute atomic E-state index is 0.106. The highest BCUT2D eigenvalue weighted by molar-refractivity contribution is 7.92. The normalized spacial score (nSPS) is 15.9. The summed E-state index contributed by atoms with van der Waals surface area (Å²) < 4.78 is 45.0. The second-order valence-electron chi connectivity index (χ2n) is 8.41. The van der Waals surface area contributed by atoms with E-state index in [0.717, 1.165) is 5.56 Å². The lowest BCUT2D eigenvalue weighted by Crippen LogP contribution is -2.51. The Morgan fingerprint density at radius 1 is 1.08 bits per heavy atom. The quantitative estimate of drug-likeness (QED) is 0.483. The van der Waals surface area contributed by atoms with Crippen LogP contribution in [0.15, 0.2) is 65.6 Å². The number of fused-ring (bicyclic) bond motifs is 1. The van der Waals surface area contributed by atoms with Gasteiger partial charge in [-0.15, -0.1) is 0 Å². The maximum atomic E-state index is 13.6. The highest BCUT2D eigenvalue weighted by atomic mass is 35.5. The SMILES string of the molecule is COc1ccc(OC)c([C@H](C)NC(=O)[C@@H]2CN(S(=O)(=O)c3ccc(C)cc3)c3cc(Cl)ccc3O2)c1. The fourth-order valence-electron chi connectivity index (χ4n) is 3.99. The minimum Gasteiger partial charge on any atom is -0.497 e. The molecular weight excluding hydrogens is 504 g/mol. The van der Waals surface area contributed by atoms with Crippen molar-refractivity contribution in [2.75, 3.05) is 25.1 Å². The third-order valence-corrected chi connectivity index (χ3v) is 7.98. The average molecular weight is 531 g/mol. The first-order valence-corrected chi connectivity index (χ1v) is 13.0. The van der Waals surface area contributed by atoms with E-state index in [1.165, 1.54) is 22.5 Å². The van der Waals surface area contributed by atoms with E-state index < -0.39 is 28.1 Å². The number of hydrogen-bond acceptors (Lipinski definition) is 6. The van der Waals surface area contributed by atoms with Crippen LogP contribution in [0.2, 0.25) is 5.02 Å². The highest BCUT2D eigenvalue weighted by Crippen LogP contribution is 2.39. The minimum atomic E-state index is -4.00. The molecule has 0 fully saturated rings. The van der Waals surface area contributed by atoms with Gasteiger partial charge in [-0.25, -0.2) is 8.42 Å². The predicted molar refractivity (Wildman–Crippen MR) is 138 cm³/mol. The molecule has 8 nitrogen and oxygen atoms in total. The van der Waals surface area contributed by atoms with Crippen LogP contribution in [0.25, 0.3) is 0 Å². The number of amides is 1. The zero-order valence-electron chi connectivity index (χ0n) is 20.3. The Morgan fingerprint density at radius 3 is 2.47 bits per heavy atom. The average Bonchev–Trinajstić information content (AvgIpc) is 2.87. The molecule has 0 aromatic heterocycles. The van der Waals surface area contributed by atoms with E-state index in [1.807, 2.05) is 6.92 Å². The summed E-state index contributed by atoms with van der Waals surface area (Å²) in [5.41, 5.74) is 1.91. The zero-order chi connectivity index (χ0) is 26.0. The highest BCUT2D eigenvalue weighted by Gasteiger charge is 2.38. The number of methoxy groups -OCH3 is 2. The molecule has 0 unspecified atom stereocenters. The van der Waals surface area contributed by atoms with E-state index in [9.17, 15) is 13.2 Å². The topological polar surface area (TPSA) is 94.2 Å². The van der Waals surface area contributed by atoms with Crippen molar-refractivity contribution in [3.63, 3.8) is 0 Å². The number of ether oxygens (including phenoxy) is 3. The molecule has 0 saturated heterocycles. The third-order valence-electron chi connectivity index (χ3n) is 5.95. The molecule has 36 heavy (non-hydrogen) atoms. The van der Waals surface area contributed by atoms with Crippen molar-refractivity contribution in [2.24, 2.45) is 0 Å². The number of sulfonamides is 1. The molecule has 1 amide bonds. The van der Waals surface area contributed by atoms with Gasteiger partial charge in [0, 0.05) is 10.6 Å². The van der Waals surface area contributed by atoms with Crippen molar-refractivity contribution in [3.05, 3.63) is 76.8 Å². The molecule has 1 heterocycles. The monoisotopic (exact) mass is 530 g/mol. The molecule has 190 valence electrons. The van der Waals surface area contributed by atoms with Gasteiger partial charge in [0.2, 0.25) is 0 Å². The molecule has 3 aromatic carbocycles. The van der Waals surface area contributed by atoms with Crippen LogP contribution >= 0.6 is 11.6 Å². The van der Waals surface area contributed by atoms with E-state index in [-0.39, 0.29) is 22.9 Å². The largest absolute Gasteiger partial charge is 0.497 e. The van der Waals surface area contributed by atoms with Crippen molar-refractivity contribution in [2.45, 2.75) is 30.9 Å². The van der Waals surface area contributed by atoms with Crippen LogP contribution in [0.1, 0.15) is 24.1 Å². The number of aryl methyl sites for hydroxylation is 1. The predicted octanol–water partition coefficient (Wildman–Crippen LogP) is 4.50. The number of carbonyl (C=O) groups is 1. The van der Waals surface area contributed by atoms with Gasteiger partial charge in [0.15, 0.2) is 6.10 Å². The van der Waals surface area contributed by atoms with Crippen LogP contribution in [0.4, 0.5) is 5.69 Å². The van der Waals surface area contributed by atoms with Gasteiger partial charge in [-0.1, -0.05) is 29.3 Å². The summed E-state index contributed by atoms with van der Waals surface area (Å²) in [6, 6.07) is 16.0. The molecule has 1 aliphatic heterocycles. The van der Waals surface area contributed by atoms with E-state index in [0.29, 0.717) is 22.1 Å². The van der Waals surface area contributed by atoms with Crippen LogP contribution in [0, 0.1) is 6.92 Å². The molecule has 0 aliphatic carbocycles. The number of carbonyl (C=O) groups excluding carboxylic acids is 1. The maximum absolute atomic E-state index is 13.6. The molecular formula is C26H27ClN2O6S. The first-order valence-electron chi connectivity index (χ1n) is 11.2. The van der Waals surface area contributed by atoms with Crippen LogP contribution in [0.3, 0.4) is 0 Å². The fraction of sp³-hybridized carbons (Fsp3) is 0.269. The summed E-state index contributed by atoms with van der Waals surface area (Å²) in [5, 5.41) is 3.26. The van der Waals surface area contributed by atoms with Gasteiger partial charge in [-0.3, -0.25) is 9.10 Å². The number of nitrogens with one attached hydrogen (secondary N) is 1. The van der Waals surface area contributed by atoms with Gasteiger partial charge < -0.3 is 19.5 Å². The lowest BCUT2D eigenvalue weighted by atomic mass is 10.1. The van der Waals surface area contributed by atoms with E-state index in [1.54, 1.807) is 63.6 Å². The summed E-state index contributed by atoms with van der Waals surface area (Å²) in [5.74, 6) is 0.962. The van der Waals surface area contributed by atoms with E-state index in [4.69, 9.17) is 25.8 Å². The summed E-state index contributed by atoms with van der Waals surface area (Å²) in [7, 11) is -0.903. The first kappa shape index (κ1) is 25.7. The molecule has 0 spiro atoms. The molecule has 0 radical (unpaired) electrons. The summed E-state index contributed by atoms with van der Waals surface area (Å²) in [4.78, 5) is 13.4. The number of halogens is 1. The second-order valence-corrected chi connectivity index (χ2v) is 10.7. The van der Waals surface area contributed by atoms with Gasteiger partial charge in [0.05, 0.1) is 37.4 Å². The summed E-state index contributed by atoms with van der Waals surface area (Å²) in [6.45, 7) is 3.45. The lowest BCUT2D eigenvalue weighted by molar-refractivity contribution is -0.128. The van der Waals surface area contributed by atoms with Crippen LogP contribution in [0.5, 0.6) is 17.2 Å². The van der Waals surface area contributed by atoms with Crippen molar-refractivity contribution in [1.29, 1.82) is 0 Å².